The van der Waals surface area contributed by atoms with E-state index in [2.05, 4.69) is 5.92 Å². The van der Waals surface area contributed by atoms with Gasteiger partial charge in [-0.15, -0.1) is 6.42 Å². The third-order valence-corrected chi connectivity index (χ3v) is 3.46. The SMILES string of the molecule is C#Cc1ccc(COCCOCCOC(=O)Oc2ccc([N+](=O)[O-])cc2)cc1. The Morgan fingerprint density at radius 1 is 0.964 bits per heavy atom. The van der Waals surface area contributed by atoms with Crippen LogP contribution in [-0.2, 0) is 20.8 Å². The summed E-state index contributed by atoms with van der Waals surface area (Å²) in [5.41, 5.74) is 1.73. The zero-order valence-corrected chi connectivity index (χ0v) is 15.0. The lowest BCUT2D eigenvalue weighted by molar-refractivity contribution is -0.384. The average Bonchev–Trinajstić information content (AvgIpc) is 2.70. The van der Waals surface area contributed by atoms with Crippen LogP contribution in [-0.4, -0.2) is 37.5 Å². The number of ether oxygens (including phenoxy) is 4. The lowest BCUT2D eigenvalue weighted by Crippen LogP contribution is -2.15. The number of nitro benzene ring substituents is 1. The smallest absolute Gasteiger partial charge is 0.432 e. The number of nitrogens with zero attached hydrogens (tertiary/aromatic N) is 1. The minimum absolute atomic E-state index is 0.0133. The van der Waals surface area contributed by atoms with Crippen LogP contribution in [0.2, 0.25) is 0 Å². The van der Waals surface area contributed by atoms with Crippen molar-refractivity contribution in [1.82, 2.24) is 0 Å². The van der Waals surface area contributed by atoms with Gasteiger partial charge in [0, 0.05) is 17.7 Å². The van der Waals surface area contributed by atoms with Crippen LogP contribution in [0.25, 0.3) is 0 Å². The zero-order chi connectivity index (χ0) is 20.2. The van der Waals surface area contributed by atoms with Crippen LogP contribution < -0.4 is 4.74 Å². The number of hydrogen-bond acceptors (Lipinski definition) is 7. The van der Waals surface area contributed by atoms with Gasteiger partial charge in [0.15, 0.2) is 0 Å². The molecule has 0 spiro atoms. The van der Waals surface area contributed by atoms with Crippen molar-refractivity contribution < 1.29 is 28.7 Å². The Bertz CT molecular complexity index is 810. The Hall–Kier alpha value is -3.41. The van der Waals surface area contributed by atoms with Crippen molar-refractivity contribution in [2.24, 2.45) is 0 Å². The van der Waals surface area contributed by atoms with E-state index < -0.39 is 11.1 Å². The average molecular weight is 385 g/mol. The van der Waals surface area contributed by atoms with E-state index in [-0.39, 0.29) is 24.7 Å². The molecule has 0 saturated heterocycles. The Kier molecular flexibility index (Phi) is 8.46. The lowest BCUT2D eigenvalue weighted by Gasteiger charge is -2.07. The van der Waals surface area contributed by atoms with Crippen LogP contribution in [0.5, 0.6) is 5.75 Å². The van der Waals surface area contributed by atoms with Crippen LogP contribution in [0, 0.1) is 22.5 Å². The number of carbonyl (C=O) groups excluding carboxylic acids is 1. The van der Waals surface area contributed by atoms with Crippen LogP contribution in [0.4, 0.5) is 10.5 Å². The highest BCUT2D eigenvalue weighted by Gasteiger charge is 2.09. The number of benzene rings is 2. The predicted octanol–water partition coefficient (Wildman–Crippen LogP) is 3.32. The monoisotopic (exact) mass is 385 g/mol. The minimum atomic E-state index is -0.913. The molecule has 28 heavy (non-hydrogen) atoms. The fourth-order valence-corrected chi connectivity index (χ4v) is 2.05. The lowest BCUT2D eigenvalue weighted by atomic mass is 10.1. The molecule has 0 aliphatic heterocycles. The number of terminal acetylenes is 1. The van der Waals surface area contributed by atoms with E-state index in [1.165, 1.54) is 24.3 Å². The number of carbonyl (C=O) groups is 1. The Labute approximate surface area is 162 Å². The third-order valence-electron chi connectivity index (χ3n) is 3.46. The Morgan fingerprint density at radius 2 is 1.61 bits per heavy atom. The number of non-ortho nitro benzene ring substituents is 1. The second-order valence-corrected chi connectivity index (χ2v) is 5.46. The first kappa shape index (κ1) is 20.9. The molecule has 0 aliphatic rings. The molecule has 2 rings (SSSR count). The van der Waals surface area contributed by atoms with Crippen molar-refractivity contribution in [3.63, 3.8) is 0 Å². The quantitative estimate of drug-likeness (QED) is 0.155. The summed E-state index contributed by atoms with van der Waals surface area (Å²) in [6.45, 7) is 1.40. The van der Waals surface area contributed by atoms with Gasteiger partial charge < -0.3 is 18.9 Å². The molecule has 2 aromatic carbocycles. The Balaban J connectivity index is 1.51. The van der Waals surface area contributed by atoms with Crippen molar-refractivity contribution in [3.05, 3.63) is 69.8 Å². The van der Waals surface area contributed by atoms with E-state index in [4.69, 9.17) is 25.4 Å². The Morgan fingerprint density at radius 3 is 2.25 bits per heavy atom. The summed E-state index contributed by atoms with van der Waals surface area (Å²) in [5.74, 6) is 2.70. The van der Waals surface area contributed by atoms with Gasteiger partial charge in [0.1, 0.15) is 12.4 Å². The molecule has 146 valence electrons. The third kappa shape index (κ3) is 7.45. The summed E-state index contributed by atoms with van der Waals surface area (Å²) in [6.07, 6.45) is 4.38. The van der Waals surface area contributed by atoms with E-state index in [0.717, 1.165) is 11.1 Å². The molecule has 0 heterocycles. The molecule has 0 aromatic heterocycles. The first-order valence-electron chi connectivity index (χ1n) is 8.38. The maximum atomic E-state index is 11.5. The molecule has 0 atom stereocenters. The molecule has 0 saturated carbocycles. The molecule has 0 fully saturated rings. The molecule has 0 unspecified atom stereocenters. The first-order valence-corrected chi connectivity index (χ1v) is 8.38. The second-order valence-electron chi connectivity index (χ2n) is 5.46. The van der Waals surface area contributed by atoms with Crippen molar-refractivity contribution in [2.75, 3.05) is 26.4 Å². The van der Waals surface area contributed by atoms with E-state index >= 15 is 0 Å². The van der Waals surface area contributed by atoms with Gasteiger partial charge in [-0.1, -0.05) is 18.1 Å². The van der Waals surface area contributed by atoms with Crippen LogP contribution in [0.15, 0.2) is 48.5 Å². The fourth-order valence-electron chi connectivity index (χ4n) is 2.05. The molecule has 2 aromatic rings. The standard InChI is InChI=1S/C20H19NO7/c1-2-16-3-5-17(6-4-16)15-26-12-11-25-13-14-27-20(22)28-19-9-7-18(8-10-19)21(23)24/h1,3-10H,11-15H2. The molecule has 8 heteroatoms. The number of nitro groups is 1. The molecule has 0 N–H and O–H groups in total. The topological polar surface area (TPSA) is 97.1 Å². The van der Waals surface area contributed by atoms with Crippen LogP contribution in [0.3, 0.4) is 0 Å². The van der Waals surface area contributed by atoms with Gasteiger partial charge in [-0.3, -0.25) is 10.1 Å². The highest BCUT2D eigenvalue weighted by molar-refractivity contribution is 5.63. The molecule has 0 aliphatic carbocycles. The van der Waals surface area contributed by atoms with Gasteiger partial charge in [-0.2, -0.15) is 0 Å². The summed E-state index contributed by atoms with van der Waals surface area (Å²) < 4.78 is 20.5. The summed E-state index contributed by atoms with van der Waals surface area (Å²) >= 11 is 0. The van der Waals surface area contributed by atoms with E-state index in [0.29, 0.717) is 19.8 Å². The largest absolute Gasteiger partial charge is 0.513 e. The van der Waals surface area contributed by atoms with Gasteiger partial charge in [-0.05, 0) is 29.8 Å². The van der Waals surface area contributed by atoms with Gasteiger partial charge in [0.2, 0.25) is 0 Å². The summed E-state index contributed by atoms with van der Waals surface area (Å²) in [6, 6.07) is 12.6. The van der Waals surface area contributed by atoms with E-state index in [1.807, 2.05) is 24.3 Å². The summed E-state index contributed by atoms with van der Waals surface area (Å²) in [5, 5.41) is 10.5. The molecule has 0 radical (unpaired) electrons. The maximum absolute atomic E-state index is 11.5. The fraction of sp³-hybridized carbons (Fsp3) is 0.250. The zero-order valence-electron chi connectivity index (χ0n) is 15.0. The number of rotatable bonds is 10. The molecular weight excluding hydrogens is 366 g/mol. The van der Waals surface area contributed by atoms with Crippen molar-refractivity contribution in [2.45, 2.75) is 6.61 Å². The maximum Gasteiger partial charge on any atom is 0.513 e. The van der Waals surface area contributed by atoms with Gasteiger partial charge in [0.05, 0.1) is 31.4 Å². The molecule has 0 amide bonds. The van der Waals surface area contributed by atoms with E-state index in [1.54, 1.807) is 0 Å². The number of hydrogen-bond donors (Lipinski definition) is 0. The highest BCUT2D eigenvalue weighted by Crippen LogP contribution is 2.17. The minimum Gasteiger partial charge on any atom is -0.432 e. The molecule has 0 bridgehead atoms. The van der Waals surface area contributed by atoms with Crippen molar-refractivity contribution in [3.8, 4) is 18.1 Å². The van der Waals surface area contributed by atoms with Gasteiger partial charge in [0.25, 0.3) is 5.69 Å². The van der Waals surface area contributed by atoms with Crippen LogP contribution >= 0.6 is 0 Å². The predicted molar refractivity (Wildman–Crippen MR) is 99.9 cm³/mol. The van der Waals surface area contributed by atoms with Crippen molar-refractivity contribution in [1.29, 1.82) is 0 Å². The van der Waals surface area contributed by atoms with Crippen LogP contribution in [0.1, 0.15) is 11.1 Å². The van der Waals surface area contributed by atoms with E-state index in [9.17, 15) is 14.9 Å². The second kappa shape index (κ2) is 11.3. The molecular formula is C20H19NO7. The summed E-state index contributed by atoms with van der Waals surface area (Å²) in [7, 11) is 0. The first-order chi connectivity index (χ1) is 13.6. The molecule has 8 nitrogen and oxygen atoms in total. The summed E-state index contributed by atoms with van der Waals surface area (Å²) in [4.78, 5) is 21.5. The highest BCUT2D eigenvalue weighted by atomic mass is 16.7. The normalized spacial score (nSPS) is 10.1. The van der Waals surface area contributed by atoms with Gasteiger partial charge >= 0.3 is 6.16 Å². The van der Waals surface area contributed by atoms with Gasteiger partial charge in [-0.25, -0.2) is 4.79 Å². The van der Waals surface area contributed by atoms with Crippen molar-refractivity contribution >= 4 is 11.8 Å².